The minimum absolute atomic E-state index is 0.0254. The predicted octanol–water partition coefficient (Wildman–Crippen LogP) is 3.67. The number of carbonyl (C=O) groups is 2. The van der Waals surface area contributed by atoms with Crippen molar-refractivity contribution in [2.24, 2.45) is 0 Å². The second kappa shape index (κ2) is 7.53. The highest BCUT2D eigenvalue weighted by atomic mass is 32.2. The van der Waals surface area contributed by atoms with Crippen LogP contribution in [0.4, 0.5) is 5.69 Å². The molecule has 0 radical (unpaired) electrons. The lowest BCUT2D eigenvalue weighted by molar-refractivity contribution is -0.137. The largest absolute Gasteiger partial charge is 0.481 e. The topological polar surface area (TPSA) is 66.4 Å². The van der Waals surface area contributed by atoms with Gasteiger partial charge in [-0.05, 0) is 47.4 Å². The van der Waals surface area contributed by atoms with Crippen LogP contribution >= 0.6 is 11.8 Å². The van der Waals surface area contributed by atoms with Crippen LogP contribution in [-0.4, -0.2) is 22.7 Å². The van der Waals surface area contributed by atoms with Crippen molar-refractivity contribution >= 4 is 29.3 Å². The van der Waals surface area contributed by atoms with Crippen LogP contribution in [0.2, 0.25) is 0 Å². The molecule has 5 heteroatoms. The number of rotatable bonds is 5. The van der Waals surface area contributed by atoms with Crippen molar-refractivity contribution in [1.29, 1.82) is 0 Å². The van der Waals surface area contributed by atoms with Gasteiger partial charge in [-0.1, -0.05) is 36.4 Å². The van der Waals surface area contributed by atoms with Gasteiger partial charge in [-0.2, -0.15) is 0 Å². The number of carboxylic acid groups (broad SMARTS) is 1. The first kappa shape index (κ1) is 16.6. The molecule has 0 spiro atoms. The zero-order valence-electron chi connectivity index (χ0n) is 13.2. The van der Waals surface area contributed by atoms with Crippen LogP contribution in [0.15, 0.2) is 48.5 Å². The van der Waals surface area contributed by atoms with E-state index in [1.54, 1.807) is 11.8 Å². The van der Waals surface area contributed by atoms with E-state index in [0.29, 0.717) is 12.1 Å². The zero-order valence-corrected chi connectivity index (χ0v) is 14.0. The van der Waals surface area contributed by atoms with E-state index in [1.807, 2.05) is 42.5 Å². The molecule has 2 N–H and O–H groups in total. The minimum Gasteiger partial charge on any atom is -0.481 e. The summed E-state index contributed by atoms with van der Waals surface area (Å²) < 4.78 is 0. The fourth-order valence-corrected chi connectivity index (χ4v) is 4.07. The Morgan fingerprint density at radius 3 is 2.83 bits per heavy atom. The number of carbonyl (C=O) groups excluding carboxylic acids is 1. The number of fused-ring (bicyclic) bond motifs is 1. The molecule has 0 fully saturated rings. The molecule has 0 aromatic heterocycles. The quantitative estimate of drug-likeness (QED) is 0.871. The lowest BCUT2D eigenvalue weighted by Gasteiger charge is -2.24. The van der Waals surface area contributed by atoms with Gasteiger partial charge in [0.05, 0.1) is 0 Å². The summed E-state index contributed by atoms with van der Waals surface area (Å²) in [6.45, 7) is 0. The summed E-state index contributed by atoms with van der Waals surface area (Å²) in [6, 6.07) is 15.5. The van der Waals surface area contributed by atoms with Crippen LogP contribution in [0, 0.1) is 0 Å². The van der Waals surface area contributed by atoms with Crippen LogP contribution < -0.4 is 5.32 Å². The number of benzene rings is 2. The fourth-order valence-electron chi connectivity index (χ4n) is 2.87. The SMILES string of the molecule is O=C(O)CCc1cccc(NC(=O)C2SCCc3ccccc32)c1. The molecule has 1 heterocycles. The van der Waals surface area contributed by atoms with E-state index < -0.39 is 5.97 Å². The summed E-state index contributed by atoms with van der Waals surface area (Å²) in [6.07, 6.45) is 1.54. The normalized spacial score (nSPS) is 16.2. The number of aryl methyl sites for hydroxylation is 2. The number of hydrogen-bond acceptors (Lipinski definition) is 3. The number of amides is 1. The van der Waals surface area contributed by atoms with Crippen molar-refractivity contribution in [1.82, 2.24) is 0 Å². The molecule has 0 saturated carbocycles. The Labute approximate surface area is 145 Å². The number of nitrogens with one attached hydrogen (secondary N) is 1. The monoisotopic (exact) mass is 341 g/mol. The van der Waals surface area contributed by atoms with E-state index in [1.165, 1.54) is 5.56 Å². The minimum atomic E-state index is -0.820. The van der Waals surface area contributed by atoms with Gasteiger partial charge in [0.2, 0.25) is 5.91 Å². The number of carboxylic acids is 1. The number of anilines is 1. The summed E-state index contributed by atoms with van der Waals surface area (Å²) >= 11 is 1.66. The van der Waals surface area contributed by atoms with E-state index in [4.69, 9.17) is 5.11 Å². The first-order valence-electron chi connectivity index (χ1n) is 7.94. The van der Waals surface area contributed by atoms with E-state index in [-0.39, 0.29) is 17.6 Å². The van der Waals surface area contributed by atoms with Crippen LogP contribution in [0.3, 0.4) is 0 Å². The molecule has 1 aliphatic heterocycles. The van der Waals surface area contributed by atoms with Gasteiger partial charge in [-0.25, -0.2) is 0 Å². The molecular formula is C19H19NO3S. The Morgan fingerprint density at radius 1 is 1.17 bits per heavy atom. The fraction of sp³-hybridized carbons (Fsp3) is 0.263. The lowest BCUT2D eigenvalue weighted by atomic mass is 10.0. The van der Waals surface area contributed by atoms with E-state index >= 15 is 0 Å². The highest BCUT2D eigenvalue weighted by molar-refractivity contribution is 8.00. The van der Waals surface area contributed by atoms with Crippen LogP contribution in [-0.2, 0) is 22.4 Å². The molecule has 24 heavy (non-hydrogen) atoms. The maximum Gasteiger partial charge on any atom is 0.303 e. The Morgan fingerprint density at radius 2 is 2.00 bits per heavy atom. The molecular weight excluding hydrogens is 322 g/mol. The van der Waals surface area contributed by atoms with E-state index in [0.717, 1.165) is 23.3 Å². The van der Waals surface area contributed by atoms with Gasteiger partial charge in [0.15, 0.2) is 0 Å². The van der Waals surface area contributed by atoms with Crippen LogP contribution in [0.25, 0.3) is 0 Å². The summed E-state index contributed by atoms with van der Waals surface area (Å²) in [7, 11) is 0. The molecule has 0 saturated heterocycles. The molecule has 0 bridgehead atoms. The third-order valence-electron chi connectivity index (χ3n) is 4.05. The third-order valence-corrected chi connectivity index (χ3v) is 5.29. The summed E-state index contributed by atoms with van der Waals surface area (Å²) in [5, 5.41) is 11.6. The molecule has 1 amide bonds. The lowest BCUT2D eigenvalue weighted by Crippen LogP contribution is -2.23. The van der Waals surface area contributed by atoms with E-state index in [9.17, 15) is 9.59 Å². The molecule has 1 unspecified atom stereocenters. The first-order valence-corrected chi connectivity index (χ1v) is 8.99. The second-order valence-corrected chi connectivity index (χ2v) is 7.00. The highest BCUT2D eigenvalue weighted by Gasteiger charge is 2.26. The van der Waals surface area contributed by atoms with Gasteiger partial charge in [0.25, 0.3) is 0 Å². The first-order chi connectivity index (χ1) is 11.6. The van der Waals surface area contributed by atoms with Crippen LogP contribution in [0.5, 0.6) is 0 Å². The van der Waals surface area contributed by atoms with Crippen molar-refractivity contribution in [3.8, 4) is 0 Å². The Hall–Kier alpha value is -2.27. The van der Waals surface area contributed by atoms with Crippen molar-refractivity contribution in [2.45, 2.75) is 24.5 Å². The second-order valence-electron chi connectivity index (χ2n) is 5.78. The maximum absolute atomic E-state index is 12.7. The number of thioether (sulfide) groups is 1. The zero-order chi connectivity index (χ0) is 16.9. The molecule has 0 aliphatic carbocycles. The predicted molar refractivity (Wildman–Crippen MR) is 96.4 cm³/mol. The molecule has 3 rings (SSSR count). The van der Waals surface area contributed by atoms with Crippen molar-refractivity contribution in [3.63, 3.8) is 0 Å². The van der Waals surface area contributed by atoms with Gasteiger partial charge in [0.1, 0.15) is 5.25 Å². The highest BCUT2D eigenvalue weighted by Crippen LogP contribution is 2.37. The Balaban J connectivity index is 1.72. The summed E-state index contributed by atoms with van der Waals surface area (Å²) in [4.78, 5) is 23.4. The average Bonchev–Trinajstić information content (AvgIpc) is 2.60. The average molecular weight is 341 g/mol. The van der Waals surface area contributed by atoms with Gasteiger partial charge < -0.3 is 10.4 Å². The van der Waals surface area contributed by atoms with Gasteiger partial charge in [0, 0.05) is 12.1 Å². The van der Waals surface area contributed by atoms with E-state index in [2.05, 4.69) is 11.4 Å². The molecule has 4 nitrogen and oxygen atoms in total. The Kier molecular flexibility index (Phi) is 5.20. The van der Waals surface area contributed by atoms with Gasteiger partial charge >= 0.3 is 5.97 Å². The van der Waals surface area contributed by atoms with Gasteiger partial charge in [-0.3, -0.25) is 9.59 Å². The molecule has 2 aromatic carbocycles. The summed E-state index contributed by atoms with van der Waals surface area (Å²) in [5.41, 5.74) is 3.96. The van der Waals surface area contributed by atoms with Crippen molar-refractivity contribution in [2.75, 3.05) is 11.1 Å². The third kappa shape index (κ3) is 3.97. The Bertz CT molecular complexity index is 760. The van der Waals surface area contributed by atoms with Gasteiger partial charge in [-0.15, -0.1) is 11.8 Å². The van der Waals surface area contributed by atoms with Crippen LogP contribution in [0.1, 0.15) is 28.4 Å². The number of hydrogen-bond donors (Lipinski definition) is 2. The van der Waals surface area contributed by atoms with Crippen molar-refractivity contribution in [3.05, 3.63) is 65.2 Å². The standard InChI is InChI=1S/C19H19NO3S/c21-17(22)9-8-13-4-3-6-15(12-13)20-19(23)18-16-7-2-1-5-14(16)10-11-24-18/h1-7,12,18H,8-11H2,(H,20,23)(H,21,22). The summed E-state index contributed by atoms with van der Waals surface area (Å²) in [5.74, 6) is 0.0930. The number of aliphatic carboxylic acids is 1. The van der Waals surface area contributed by atoms with Crippen molar-refractivity contribution < 1.29 is 14.7 Å². The molecule has 1 aliphatic rings. The molecule has 124 valence electrons. The maximum atomic E-state index is 12.7. The smallest absolute Gasteiger partial charge is 0.303 e. The molecule has 1 atom stereocenters. The molecule has 2 aromatic rings.